The van der Waals surface area contributed by atoms with Crippen LogP contribution in [0.3, 0.4) is 0 Å². The van der Waals surface area contributed by atoms with Crippen molar-refractivity contribution in [3.8, 4) is 0 Å². The molecule has 18 heavy (non-hydrogen) atoms. The summed E-state index contributed by atoms with van der Waals surface area (Å²) < 4.78 is 15.0. The van der Waals surface area contributed by atoms with Gasteiger partial charge in [-0.15, -0.1) is 11.3 Å². The zero-order chi connectivity index (χ0) is 13.0. The number of halogens is 2. The van der Waals surface area contributed by atoms with Crippen LogP contribution >= 0.6 is 27.3 Å². The number of rotatable bonds is 5. The molecule has 1 aromatic carbocycles. The summed E-state index contributed by atoms with van der Waals surface area (Å²) in [7, 11) is 0. The van der Waals surface area contributed by atoms with E-state index in [4.69, 9.17) is 0 Å². The molecule has 0 aliphatic heterocycles. The average Bonchev–Trinajstić information content (AvgIpc) is 2.78. The lowest BCUT2D eigenvalue weighted by Gasteiger charge is -2.18. The van der Waals surface area contributed by atoms with Gasteiger partial charge in [0.1, 0.15) is 5.82 Å². The summed E-state index contributed by atoms with van der Waals surface area (Å²) in [5.74, 6) is -0.157. The Kier molecular flexibility index (Phi) is 4.92. The molecular weight excluding hydrogens is 313 g/mol. The largest absolute Gasteiger partial charge is 0.306 e. The van der Waals surface area contributed by atoms with Gasteiger partial charge in [0.15, 0.2) is 0 Å². The van der Waals surface area contributed by atoms with Crippen molar-refractivity contribution >= 4 is 27.3 Å². The standard InChI is InChI=1S/C14H15BrFNS/c1-2-7-17-14(13-8-10(15)9-18-13)11-5-3-4-6-12(11)16/h3-6,8-9,14,17H,2,7H2,1H3. The van der Waals surface area contributed by atoms with E-state index in [1.54, 1.807) is 17.4 Å². The predicted octanol–water partition coefficient (Wildman–Crippen LogP) is 4.74. The van der Waals surface area contributed by atoms with Crippen LogP contribution in [0, 0.1) is 5.82 Å². The molecule has 0 saturated heterocycles. The van der Waals surface area contributed by atoms with E-state index >= 15 is 0 Å². The van der Waals surface area contributed by atoms with E-state index < -0.39 is 0 Å². The van der Waals surface area contributed by atoms with Crippen LogP contribution in [-0.2, 0) is 0 Å². The SMILES string of the molecule is CCCNC(c1cc(Br)cs1)c1ccccc1F. The Morgan fingerprint density at radius 2 is 2.17 bits per heavy atom. The number of benzene rings is 1. The molecule has 1 nitrogen and oxygen atoms in total. The first-order valence-electron chi connectivity index (χ1n) is 5.94. The monoisotopic (exact) mass is 327 g/mol. The minimum atomic E-state index is -0.157. The molecule has 0 fully saturated rings. The maximum absolute atomic E-state index is 13.9. The van der Waals surface area contributed by atoms with Crippen molar-refractivity contribution in [2.24, 2.45) is 0 Å². The Morgan fingerprint density at radius 3 is 2.78 bits per heavy atom. The molecule has 0 saturated carbocycles. The van der Waals surface area contributed by atoms with Crippen LogP contribution in [0.25, 0.3) is 0 Å². The number of nitrogens with one attached hydrogen (secondary N) is 1. The van der Waals surface area contributed by atoms with Gasteiger partial charge < -0.3 is 5.32 Å². The van der Waals surface area contributed by atoms with E-state index in [1.165, 1.54) is 6.07 Å². The molecule has 0 spiro atoms. The molecule has 1 heterocycles. The molecule has 4 heteroatoms. The fourth-order valence-electron chi connectivity index (χ4n) is 1.84. The van der Waals surface area contributed by atoms with E-state index in [9.17, 15) is 4.39 Å². The Morgan fingerprint density at radius 1 is 1.39 bits per heavy atom. The highest BCUT2D eigenvalue weighted by molar-refractivity contribution is 9.10. The van der Waals surface area contributed by atoms with Gasteiger partial charge in [0.05, 0.1) is 6.04 Å². The average molecular weight is 328 g/mol. The fourth-order valence-corrected chi connectivity index (χ4v) is 3.38. The minimum Gasteiger partial charge on any atom is -0.306 e. The van der Waals surface area contributed by atoms with E-state index in [0.717, 1.165) is 22.3 Å². The fraction of sp³-hybridized carbons (Fsp3) is 0.286. The van der Waals surface area contributed by atoms with Gasteiger partial charge in [-0.25, -0.2) is 4.39 Å². The number of thiophene rings is 1. The van der Waals surface area contributed by atoms with Crippen molar-refractivity contribution < 1.29 is 4.39 Å². The van der Waals surface area contributed by atoms with Crippen LogP contribution in [-0.4, -0.2) is 6.54 Å². The Labute approximate surface area is 119 Å². The third-order valence-corrected chi connectivity index (χ3v) is 4.45. The predicted molar refractivity (Wildman–Crippen MR) is 78.6 cm³/mol. The highest BCUT2D eigenvalue weighted by Crippen LogP contribution is 2.31. The lowest BCUT2D eigenvalue weighted by Crippen LogP contribution is -2.23. The summed E-state index contributed by atoms with van der Waals surface area (Å²) in [6.45, 7) is 2.98. The summed E-state index contributed by atoms with van der Waals surface area (Å²) in [6.07, 6.45) is 1.03. The topological polar surface area (TPSA) is 12.0 Å². The lowest BCUT2D eigenvalue weighted by atomic mass is 10.0. The normalized spacial score (nSPS) is 12.6. The summed E-state index contributed by atoms with van der Waals surface area (Å²) in [6, 6.07) is 8.93. The van der Waals surface area contributed by atoms with Gasteiger partial charge in [-0.1, -0.05) is 25.1 Å². The third-order valence-electron chi connectivity index (χ3n) is 2.69. The molecule has 1 unspecified atom stereocenters. The van der Waals surface area contributed by atoms with E-state index in [0.29, 0.717) is 5.56 Å². The molecular formula is C14H15BrFNS. The van der Waals surface area contributed by atoms with Crippen molar-refractivity contribution in [1.82, 2.24) is 5.32 Å². The van der Waals surface area contributed by atoms with Crippen LogP contribution in [0.15, 0.2) is 40.2 Å². The van der Waals surface area contributed by atoms with Crippen molar-refractivity contribution in [2.45, 2.75) is 19.4 Å². The molecule has 0 aliphatic rings. The highest BCUT2D eigenvalue weighted by Gasteiger charge is 2.18. The molecule has 1 N–H and O–H groups in total. The van der Waals surface area contributed by atoms with E-state index in [-0.39, 0.29) is 11.9 Å². The molecule has 1 atom stereocenters. The second-order valence-electron chi connectivity index (χ2n) is 4.08. The minimum absolute atomic E-state index is 0.0672. The highest BCUT2D eigenvalue weighted by atomic mass is 79.9. The van der Waals surface area contributed by atoms with Gasteiger partial charge in [0.2, 0.25) is 0 Å². The molecule has 0 amide bonds. The number of hydrogen-bond donors (Lipinski definition) is 1. The summed E-state index contributed by atoms with van der Waals surface area (Å²) >= 11 is 5.08. The maximum atomic E-state index is 13.9. The van der Waals surface area contributed by atoms with Crippen LogP contribution in [0.2, 0.25) is 0 Å². The molecule has 1 aromatic heterocycles. The van der Waals surface area contributed by atoms with E-state index in [1.807, 2.05) is 23.6 Å². The van der Waals surface area contributed by atoms with Crippen LogP contribution in [0.4, 0.5) is 4.39 Å². The van der Waals surface area contributed by atoms with Crippen LogP contribution in [0.1, 0.15) is 29.8 Å². The van der Waals surface area contributed by atoms with Gasteiger partial charge in [0, 0.05) is 20.3 Å². The Hall–Kier alpha value is -0.710. The van der Waals surface area contributed by atoms with Gasteiger partial charge in [-0.3, -0.25) is 0 Å². The quantitative estimate of drug-likeness (QED) is 0.836. The summed E-state index contributed by atoms with van der Waals surface area (Å²) in [5, 5.41) is 5.43. The summed E-state index contributed by atoms with van der Waals surface area (Å²) in [5.41, 5.74) is 0.709. The van der Waals surface area contributed by atoms with Crippen LogP contribution in [0.5, 0.6) is 0 Å². The maximum Gasteiger partial charge on any atom is 0.128 e. The van der Waals surface area contributed by atoms with Gasteiger partial charge in [-0.2, -0.15) is 0 Å². The summed E-state index contributed by atoms with van der Waals surface area (Å²) in [4.78, 5) is 1.13. The smallest absolute Gasteiger partial charge is 0.128 e. The third kappa shape index (κ3) is 3.19. The van der Waals surface area contributed by atoms with Crippen molar-refractivity contribution in [2.75, 3.05) is 6.54 Å². The zero-order valence-corrected chi connectivity index (χ0v) is 12.5. The molecule has 2 aromatic rings. The molecule has 2 rings (SSSR count). The van der Waals surface area contributed by atoms with Gasteiger partial charge in [0.25, 0.3) is 0 Å². The van der Waals surface area contributed by atoms with Crippen LogP contribution < -0.4 is 5.32 Å². The lowest BCUT2D eigenvalue weighted by molar-refractivity contribution is 0.551. The molecule has 0 bridgehead atoms. The number of hydrogen-bond acceptors (Lipinski definition) is 2. The first-order chi connectivity index (χ1) is 8.72. The Bertz CT molecular complexity index is 512. The van der Waals surface area contributed by atoms with E-state index in [2.05, 4.69) is 28.2 Å². The van der Waals surface area contributed by atoms with Crippen molar-refractivity contribution in [3.05, 3.63) is 56.4 Å². The van der Waals surface area contributed by atoms with Gasteiger partial charge >= 0.3 is 0 Å². The second kappa shape index (κ2) is 6.45. The molecule has 96 valence electrons. The Balaban J connectivity index is 2.33. The molecule has 0 aliphatic carbocycles. The first kappa shape index (κ1) is 13.7. The second-order valence-corrected chi connectivity index (χ2v) is 5.93. The van der Waals surface area contributed by atoms with Gasteiger partial charge in [-0.05, 0) is 41.0 Å². The first-order valence-corrected chi connectivity index (χ1v) is 7.61. The molecule has 0 radical (unpaired) electrons. The van der Waals surface area contributed by atoms with Crippen molar-refractivity contribution in [1.29, 1.82) is 0 Å². The zero-order valence-electron chi connectivity index (χ0n) is 10.1. The van der Waals surface area contributed by atoms with Crippen molar-refractivity contribution in [3.63, 3.8) is 0 Å².